The minimum atomic E-state index is 0. The van der Waals surface area contributed by atoms with E-state index in [4.69, 9.17) is 19.9 Å². The number of amides is 1. The Morgan fingerprint density at radius 2 is 1.79 bits per heavy atom. The van der Waals surface area contributed by atoms with Crippen molar-refractivity contribution in [3.05, 3.63) is 17.7 Å². The number of nitrogens with two attached hydrogens (primary N) is 1. The minimum absolute atomic E-state index is 0. The molecule has 1 amide bonds. The number of hydrogen-bond acceptors (Lipinski definition) is 5. The van der Waals surface area contributed by atoms with Crippen molar-refractivity contribution in [3.8, 4) is 17.2 Å². The van der Waals surface area contributed by atoms with E-state index in [1.54, 1.807) is 21.3 Å². The largest absolute Gasteiger partial charge is 0.493 e. The highest BCUT2D eigenvalue weighted by Crippen LogP contribution is 2.38. The second-order valence-electron chi connectivity index (χ2n) is 5.94. The zero-order valence-corrected chi connectivity index (χ0v) is 15.5. The van der Waals surface area contributed by atoms with Gasteiger partial charge in [-0.05, 0) is 43.5 Å². The van der Waals surface area contributed by atoms with E-state index in [1.165, 1.54) is 0 Å². The molecule has 24 heavy (non-hydrogen) atoms. The van der Waals surface area contributed by atoms with Gasteiger partial charge in [-0.3, -0.25) is 4.79 Å². The second kappa shape index (κ2) is 8.99. The summed E-state index contributed by atoms with van der Waals surface area (Å²) in [4.78, 5) is 14.5. The van der Waals surface area contributed by atoms with Crippen molar-refractivity contribution in [3.63, 3.8) is 0 Å². The number of benzene rings is 1. The normalized spacial score (nSPS) is 19.6. The molecule has 136 valence electrons. The lowest BCUT2D eigenvalue weighted by molar-refractivity contribution is -0.131. The number of methoxy groups -OCH3 is 3. The van der Waals surface area contributed by atoms with Crippen LogP contribution in [0.4, 0.5) is 0 Å². The van der Waals surface area contributed by atoms with Crippen LogP contribution in [-0.4, -0.2) is 51.3 Å². The number of carbonyl (C=O) groups is 1. The van der Waals surface area contributed by atoms with Crippen molar-refractivity contribution >= 4 is 18.3 Å². The zero-order valence-electron chi connectivity index (χ0n) is 14.7. The van der Waals surface area contributed by atoms with Gasteiger partial charge in [-0.1, -0.05) is 0 Å². The molecule has 2 unspecified atom stereocenters. The average molecular weight is 359 g/mol. The molecule has 1 aliphatic heterocycles. The Hall–Kier alpha value is -1.66. The lowest BCUT2D eigenvalue weighted by atomic mass is 10.1. The van der Waals surface area contributed by atoms with Crippen LogP contribution in [0.3, 0.4) is 0 Å². The van der Waals surface area contributed by atoms with Crippen molar-refractivity contribution < 1.29 is 19.0 Å². The van der Waals surface area contributed by atoms with E-state index in [9.17, 15) is 4.79 Å². The lowest BCUT2D eigenvalue weighted by Gasteiger charge is -2.22. The Bertz CT molecular complexity index is 543. The fourth-order valence-corrected chi connectivity index (χ4v) is 3.17. The number of hydrogen-bond donors (Lipinski definition) is 1. The maximum atomic E-state index is 12.6. The molecule has 2 atom stereocenters. The summed E-state index contributed by atoms with van der Waals surface area (Å²) in [6.07, 6.45) is 1.27. The van der Waals surface area contributed by atoms with Crippen LogP contribution in [0.15, 0.2) is 12.1 Å². The van der Waals surface area contributed by atoms with Crippen LogP contribution in [0.2, 0.25) is 0 Å². The molecule has 1 aromatic rings. The first-order valence-corrected chi connectivity index (χ1v) is 7.82. The van der Waals surface area contributed by atoms with E-state index in [0.29, 0.717) is 36.1 Å². The summed E-state index contributed by atoms with van der Waals surface area (Å²) in [5.74, 6) is 2.15. The highest BCUT2D eigenvalue weighted by molar-refractivity contribution is 5.85. The predicted octanol–water partition coefficient (Wildman–Crippen LogP) is 1.87. The highest BCUT2D eigenvalue weighted by atomic mass is 35.5. The number of carbonyl (C=O) groups excluding carboxylic acids is 1. The van der Waals surface area contributed by atoms with Crippen LogP contribution in [0.25, 0.3) is 0 Å². The van der Waals surface area contributed by atoms with Gasteiger partial charge in [0, 0.05) is 12.6 Å². The predicted molar refractivity (Wildman–Crippen MR) is 95.4 cm³/mol. The van der Waals surface area contributed by atoms with Crippen molar-refractivity contribution in [1.82, 2.24) is 4.90 Å². The molecule has 7 heteroatoms. The van der Waals surface area contributed by atoms with E-state index in [-0.39, 0.29) is 24.4 Å². The second-order valence-corrected chi connectivity index (χ2v) is 5.94. The monoisotopic (exact) mass is 358 g/mol. The molecule has 1 saturated heterocycles. The topological polar surface area (TPSA) is 74.0 Å². The lowest BCUT2D eigenvalue weighted by Crippen LogP contribution is -2.35. The quantitative estimate of drug-likeness (QED) is 0.840. The van der Waals surface area contributed by atoms with E-state index in [1.807, 2.05) is 17.0 Å². The minimum Gasteiger partial charge on any atom is -0.493 e. The van der Waals surface area contributed by atoms with Gasteiger partial charge in [0.15, 0.2) is 11.5 Å². The van der Waals surface area contributed by atoms with Gasteiger partial charge in [0.05, 0.1) is 27.8 Å². The third-order valence-electron chi connectivity index (χ3n) is 4.39. The van der Waals surface area contributed by atoms with Gasteiger partial charge in [-0.25, -0.2) is 0 Å². The van der Waals surface area contributed by atoms with E-state index in [2.05, 4.69) is 6.92 Å². The molecule has 2 N–H and O–H groups in total. The first kappa shape index (κ1) is 20.4. The van der Waals surface area contributed by atoms with E-state index in [0.717, 1.165) is 18.5 Å². The number of likely N-dealkylation sites (tertiary alicyclic amines) is 1. The molecule has 0 aliphatic carbocycles. The van der Waals surface area contributed by atoms with Crippen LogP contribution in [0.1, 0.15) is 18.9 Å². The van der Waals surface area contributed by atoms with Gasteiger partial charge in [0.1, 0.15) is 0 Å². The van der Waals surface area contributed by atoms with E-state index < -0.39 is 0 Å². The van der Waals surface area contributed by atoms with Gasteiger partial charge in [-0.15, -0.1) is 12.4 Å². The van der Waals surface area contributed by atoms with Crippen molar-refractivity contribution in [2.24, 2.45) is 11.7 Å². The number of halogens is 1. The molecule has 6 nitrogen and oxygen atoms in total. The van der Waals surface area contributed by atoms with Gasteiger partial charge in [0.2, 0.25) is 11.7 Å². The van der Waals surface area contributed by atoms with Gasteiger partial charge in [-0.2, -0.15) is 0 Å². The van der Waals surface area contributed by atoms with Gasteiger partial charge in [0.25, 0.3) is 0 Å². The fourth-order valence-electron chi connectivity index (χ4n) is 3.17. The van der Waals surface area contributed by atoms with Gasteiger partial charge < -0.3 is 24.8 Å². The third kappa shape index (κ3) is 4.24. The Morgan fingerprint density at radius 1 is 1.21 bits per heavy atom. The molecule has 0 radical (unpaired) electrons. The summed E-state index contributed by atoms with van der Waals surface area (Å²) >= 11 is 0. The standard InChI is InChI=1S/C17H26N2O4.ClH/c1-11-5-13(9-18)10-19(11)16(20)8-12-6-14(21-2)17(23-4)15(7-12)22-3;/h6-7,11,13H,5,8-10,18H2,1-4H3;1H. The van der Waals surface area contributed by atoms with Crippen molar-refractivity contribution in [2.75, 3.05) is 34.4 Å². The average Bonchev–Trinajstić information content (AvgIpc) is 2.94. The Balaban J connectivity index is 0.00000288. The first-order chi connectivity index (χ1) is 11.0. The summed E-state index contributed by atoms with van der Waals surface area (Å²) in [6, 6.07) is 3.87. The Morgan fingerprint density at radius 3 is 2.21 bits per heavy atom. The molecule has 1 heterocycles. The number of rotatable bonds is 6. The Kier molecular flexibility index (Phi) is 7.63. The van der Waals surface area contributed by atoms with E-state index >= 15 is 0 Å². The first-order valence-electron chi connectivity index (χ1n) is 7.82. The zero-order chi connectivity index (χ0) is 17.0. The molecular weight excluding hydrogens is 332 g/mol. The summed E-state index contributed by atoms with van der Waals surface area (Å²) in [7, 11) is 4.69. The molecule has 0 saturated carbocycles. The number of nitrogens with zero attached hydrogens (tertiary/aromatic N) is 1. The molecule has 0 bridgehead atoms. The Labute approximate surface area is 149 Å². The third-order valence-corrected chi connectivity index (χ3v) is 4.39. The molecular formula is C17H27ClN2O4. The van der Waals surface area contributed by atoms with Crippen LogP contribution in [-0.2, 0) is 11.2 Å². The molecule has 2 rings (SSSR count). The van der Waals surface area contributed by atoms with Crippen LogP contribution in [0.5, 0.6) is 17.2 Å². The highest BCUT2D eigenvalue weighted by Gasteiger charge is 2.31. The van der Waals surface area contributed by atoms with Crippen molar-refractivity contribution in [1.29, 1.82) is 0 Å². The summed E-state index contributed by atoms with van der Waals surface area (Å²) < 4.78 is 16.0. The molecule has 0 spiro atoms. The SMILES string of the molecule is COc1cc(CC(=O)N2CC(CN)CC2C)cc(OC)c1OC.Cl. The molecule has 0 aromatic heterocycles. The molecule has 1 aromatic carbocycles. The summed E-state index contributed by atoms with van der Waals surface area (Å²) in [5.41, 5.74) is 6.57. The maximum Gasteiger partial charge on any atom is 0.227 e. The summed E-state index contributed by atoms with van der Waals surface area (Å²) in [6.45, 7) is 3.43. The van der Waals surface area contributed by atoms with Crippen LogP contribution >= 0.6 is 12.4 Å². The van der Waals surface area contributed by atoms with Gasteiger partial charge >= 0.3 is 0 Å². The van der Waals surface area contributed by atoms with Crippen LogP contribution in [0, 0.1) is 5.92 Å². The smallest absolute Gasteiger partial charge is 0.227 e. The molecule has 1 fully saturated rings. The maximum absolute atomic E-state index is 12.6. The fraction of sp³-hybridized carbons (Fsp3) is 0.588. The number of ether oxygens (including phenoxy) is 3. The molecule has 1 aliphatic rings. The van der Waals surface area contributed by atoms with Crippen molar-refractivity contribution in [2.45, 2.75) is 25.8 Å². The van der Waals surface area contributed by atoms with Crippen LogP contribution < -0.4 is 19.9 Å². The summed E-state index contributed by atoms with van der Waals surface area (Å²) in [5, 5.41) is 0.